The van der Waals surface area contributed by atoms with Crippen LogP contribution < -0.4 is 9.47 Å². The lowest BCUT2D eigenvalue weighted by Gasteiger charge is -2.28. The van der Waals surface area contributed by atoms with Gasteiger partial charge >= 0.3 is 0 Å². The molecule has 0 aliphatic carbocycles. The number of aromatic nitrogens is 4. The fraction of sp³-hybridized carbons (Fsp3) is 0.182. The van der Waals surface area contributed by atoms with Crippen LogP contribution in [0.5, 0.6) is 11.6 Å². The van der Waals surface area contributed by atoms with Crippen molar-refractivity contribution in [1.82, 2.24) is 19.6 Å². The molecule has 30 heavy (non-hydrogen) atoms. The maximum Gasteiger partial charge on any atom is 0.228 e. The van der Waals surface area contributed by atoms with Gasteiger partial charge in [0.25, 0.3) is 0 Å². The number of ether oxygens (including phenoxy) is 2. The summed E-state index contributed by atoms with van der Waals surface area (Å²) in [5.41, 5.74) is 2.70. The van der Waals surface area contributed by atoms with Crippen molar-refractivity contribution in [3.63, 3.8) is 0 Å². The van der Waals surface area contributed by atoms with Gasteiger partial charge in [0.15, 0.2) is 17.2 Å². The quantitative estimate of drug-likeness (QED) is 0.513. The smallest absolute Gasteiger partial charge is 0.228 e. The molecule has 8 nitrogen and oxygen atoms in total. The highest BCUT2D eigenvalue weighted by Crippen LogP contribution is 2.44. The van der Waals surface area contributed by atoms with Crippen LogP contribution in [-0.4, -0.2) is 32.5 Å². The van der Waals surface area contributed by atoms with Crippen LogP contribution in [0.2, 0.25) is 0 Å². The SMILES string of the molecule is COc1ccc(C2C(C(C)=O)=C(C)Oc3ncn4nc(-c5ccco5)nc4c32)cc1. The van der Waals surface area contributed by atoms with Crippen LogP contribution in [0.15, 0.2) is 64.7 Å². The van der Waals surface area contributed by atoms with Crippen LogP contribution in [0.25, 0.3) is 17.2 Å². The van der Waals surface area contributed by atoms with E-state index in [0.717, 1.165) is 11.3 Å². The minimum atomic E-state index is -0.401. The molecule has 0 amide bonds. The van der Waals surface area contributed by atoms with Crippen molar-refractivity contribution >= 4 is 11.4 Å². The molecule has 3 aromatic heterocycles. The third-order valence-corrected chi connectivity index (χ3v) is 5.16. The monoisotopic (exact) mass is 402 g/mol. The number of fused-ring (bicyclic) bond motifs is 3. The molecule has 1 aromatic carbocycles. The Morgan fingerprint density at radius 3 is 2.67 bits per heavy atom. The third-order valence-electron chi connectivity index (χ3n) is 5.16. The molecule has 1 aliphatic heterocycles. The average molecular weight is 402 g/mol. The molecular weight excluding hydrogens is 384 g/mol. The number of carbonyl (C=O) groups excluding carboxylic acids is 1. The molecule has 5 rings (SSSR count). The van der Waals surface area contributed by atoms with E-state index in [1.165, 1.54) is 6.92 Å². The fourth-order valence-electron chi connectivity index (χ4n) is 3.83. The predicted molar refractivity (Wildman–Crippen MR) is 107 cm³/mol. The largest absolute Gasteiger partial charge is 0.497 e. The third kappa shape index (κ3) is 2.76. The Morgan fingerprint density at radius 2 is 2.00 bits per heavy atom. The van der Waals surface area contributed by atoms with Crippen molar-refractivity contribution < 1.29 is 18.7 Å². The van der Waals surface area contributed by atoms with E-state index in [4.69, 9.17) is 13.9 Å². The van der Waals surface area contributed by atoms with Gasteiger partial charge in [-0.1, -0.05) is 12.1 Å². The highest BCUT2D eigenvalue weighted by atomic mass is 16.5. The van der Waals surface area contributed by atoms with E-state index in [9.17, 15) is 4.79 Å². The number of benzene rings is 1. The maximum absolute atomic E-state index is 12.6. The summed E-state index contributed by atoms with van der Waals surface area (Å²) in [5.74, 6) is 2.16. The topological polar surface area (TPSA) is 91.8 Å². The minimum Gasteiger partial charge on any atom is -0.497 e. The summed E-state index contributed by atoms with van der Waals surface area (Å²) in [6, 6.07) is 11.2. The van der Waals surface area contributed by atoms with Crippen molar-refractivity contribution in [1.29, 1.82) is 0 Å². The first-order valence-electron chi connectivity index (χ1n) is 9.39. The van der Waals surface area contributed by atoms with Crippen molar-refractivity contribution in [3.8, 4) is 23.2 Å². The Hall–Kier alpha value is -3.94. The Balaban J connectivity index is 1.77. The van der Waals surface area contributed by atoms with E-state index in [0.29, 0.717) is 40.0 Å². The van der Waals surface area contributed by atoms with E-state index < -0.39 is 5.92 Å². The van der Waals surface area contributed by atoms with Gasteiger partial charge in [-0.3, -0.25) is 4.79 Å². The number of hydrogen-bond donors (Lipinski definition) is 0. The van der Waals surface area contributed by atoms with Crippen molar-refractivity contribution in [3.05, 3.63) is 71.4 Å². The van der Waals surface area contributed by atoms with Crippen LogP contribution in [0, 0.1) is 0 Å². The number of nitrogens with zero attached hydrogens (tertiary/aromatic N) is 4. The molecule has 0 N–H and O–H groups in total. The number of Topliss-reactive ketones (excluding diaryl/α,β-unsaturated/α-hetero) is 1. The molecule has 150 valence electrons. The lowest BCUT2D eigenvalue weighted by molar-refractivity contribution is -0.114. The molecule has 4 heterocycles. The van der Waals surface area contributed by atoms with Crippen LogP contribution in [0.4, 0.5) is 0 Å². The molecule has 1 atom stereocenters. The molecule has 0 spiro atoms. The average Bonchev–Trinajstić information content (AvgIpc) is 3.42. The number of ketones is 1. The van der Waals surface area contributed by atoms with Gasteiger partial charge in [0.1, 0.15) is 17.8 Å². The zero-order valence-electron chi connectivity index (χ0n) is 16.6. The summed E-state index contributed by atoms with van der Waals surface area (Å²) in [5, 5.41) is 4.48. The second-order valence-electron chi connectivity index (χ2n) is 6.98. The molecule has 1 unspecified atom stereocenters. The fourth-order valence-corrected chi connectivity index (χ4v) is 3.83. The first-order chi connectivity index (χ1) is 14.6. The first kappa shape index (κ1) is 18.1. The van der Waals surface area contributed by atoms with Crippen molar-refractivity contribution in [2.45, 2.75) is 19.8 Å². The standard InChI is InChI=1S/C22H18N4O4/c1-12(27)17-13(2)30-22-19(18(17)14-6-8-15(28-3)9-7-14)21-24-20(16-5-4-10-29-16)25-26(21)11-23-22/h4-11,18H,1-3H3. The predicted octanol–water partition coefficient (Wildman–Crippen LogP) is 3.78. The summed E-state index contributed by atoms with van der Waals surface area (Å²) in [6.07, 6.45) is 3.11. The Morgan fingerprint density at radius 1 is 1.20 bits per heavy atom. The van der Waals surface area contributed by atoms with Gasteiger partial charge in [-0.15, -0.1) is 5.10 Å². The Labute approximate surface area is 171 Å². The van der Waals surface area contributed by atoms with Gasteiger partial charge in [-0.05, 0) is 43.7 Å². The maximum atomic E-state index is 12.6. The van der Waals surface area contributed by atoms with Gasteiger partial charge in [-0.2, -0.15) is 0 Å². The number of carbonyl (C=O) groups is 1. The zero-order chi connectivity index (χ0) is 20.8. The molecule has 8 heteroatoms. The van der Waals surface area contributed by atoms with Gasteiger partial charge < -0.3 is 13.9 Å². The number of furan rings is 1. The van der Waals surface area contributed by atoms with Crippen LogP contribution in [-0.2, 0) is 4.79 Å². The number of methoxy groups -OCH3 is 1. The van der Waals surface area contributed by atoms with E-state index in [1.807, 2.05) is 24.3 Å². The summed E-state index contributed by atoms with van der Waals surface area (Å²) >= 11 is 0. The number of allylic oxidation sites excluding steroid dienone is 2. The number of hydrogen-bond acceptors (Lipinski definition) is 7. The second-order valence-corrected chi connectivity index (χ2v) is 6.98. The Kier molecular flexibility index (Phi) is 4.13. The first-order valence-corrected chi connectivity index (χ1v) is 9.39. The van der Waals surface area contributed by atoms with E-state index in [-0.39, 0.29) is 5.78 Å². The summed E-state index contributed by atoms with van der Waals surface area (Å²) in [7, 11) is 1.61. The summed E-state index contributed by atoms with van der Waals surface area (Å²) in [4.78, 5) is 21.7. The molecule has 0 radical (unpaired) electrons. The summed E-state index contributed by atoms with van der Waals surface area (Å²) in [6.45, 7) is 3.32. The molecule has 0 fully saturated rings. The van der Waals surface area contributed by atoms with E-state index in [2.05, 4.69) is 15.1 Å². The van der Waals surface area contributed by atoms with Crippen LogP contribution in [0.1, 0.15) is 30.9 Å². The highest BCUT2D eigenvalue weighted by molar-refractivity contribution is 5.97. The Bertz CT molecular complexity index is 1290. The zero-order valence-corrected chi connectivity index (χ0v) is 16.6. The normalized spacial score (nSPS) is 15.8. The lowest BCUT2D eigenvalue weighted by atomic mass is 9.82. The van der Waals surface area contributed by atoms with E-state index >= 15 is 0 Å². The number of rotatable bonds is 4. The lowest BCUT2D eigenvalue weighted by Crippen LogP contribution is -2.22. The molecule has 0 bridgehead atoms. The molecule has 0 saturated carbocycles. The second kappa shape index (κ2) is 6.84. The molecule has 0 saturated heterocycles. The van der Waals surface area contributed by atoms with Crippen LogP contribution >= 0.6 is 0 Å². The van der Waals surface area contributed by atoms with Gasteiger partial charge in [0.2, 0.25) is 11.7 Å². The minimum absolute atomic E-state index is 0.0771. The molecular formula is C22H18N4O4. The van der Waals surface area contributed by atoms with Gasteiger partial charge in [0.05, 0.1) is 18.9 Å². The van der Waals surface area contributed by atoms with Crippen molar-refractivity contribution in [2.75, 3.05) is 7.11 Å². The molecule has 1 aliphatic rings. The van der Waals surface area contributed by atoms with E-state index in [1.54, 1.807) is 43.3 Å². The van der Waals surface area contributed by atoms with Crippen molar-refractivity contribution in [2.24, 2.45) is 0 Å². The summed E-state index contributed by atoms with van der Waals surface area (Å²) < 4.78 is 18.2. The highest BCUT2D eigenvalue weighted by Gasteiger charge is 2.36. The van der Waals surface area contributed by atoms with Crippen LogP contribution in [0.3, 0.4) is 0 Å². The molecule has 4 aromatic rings. The van der Waals surface area contributed by atoms with Gasteiger partial charge in [-0.25, -0.2) is 14.5 Å². The van der Waals surface area contributed by atoms with Gasteiger partial charge in [0, 0.05) is 11.5 Å².